The number of rotatable bonds is 9. The van der Waals surface area contributed by atoms with Gasteiger partial charge in [-0.15, -0.1) is 0 Å². The molecule has 0 bridgehead atoms. The molecule has 1 saturated heterocycles. The third kappa shape index (κ3) is 5.89. The molecular weight excluding hydrogens is 487 g/mol. The summed E-state index contributed by atoms with van der Waals surface area (Å²) in [6.45, 7) is 4.05. The van der Waals surface area contributed by atoms with Crippen molar-refractivity contribution < 1.29 is 23.5 Å². The molecule has 0 unspecified atom stereocenters. The fourth-order valence-corrected chi connectivity index (χ4v) is 5.21. The third-order valence-corrected chi connectivity index (χ3v) is 7.72. The van der Waals surface area contributed by atoms with Crippen LogP contribution in [-0.2, 0) is 14.3 Å². The molecule has 2 heterocycles. The topological polar surface area (TPSA) is 74.7 Å². The van der Waals surface area contributed by atoms with E-state index in [-0.39, 0.29) is 30.1 Å². The Labute approximate surface area is 223 Å². The molecule has 0 radical (unpaired) electrons. The van der Waals surface area contributed by atoms with Crippen molar-refractivity contribution in [2.24, 2.45) is 11.0 Å². The van der Waals surface area contributed by atoms with Gasteiger partial charge in [-0.3, -0.25) is 14.5 Å². The maximum Gasteiger partial charge on any atom is 0.262 e. The van der Waals surface area contributed by atoms with E-state index in [2.05, 4.69) is 10.0 Å². The van der Waals surface area contributed by atoms with Gasteiger partial charge in [-0.05, 0) is 31.0 Å². The molecule has 9 heteroatoms. The lowest BCUT2D eigenvalue weighted by Crippen LogP contribution is -2.49. The standard InChI is InChI=1S/C29H35FN4O4/c1-37-23-9-5-8-22(18-23)26-19-27(24-10-2-3-11-25(24)30)34(31-26)28(35)20-33(29(36)21-6-4-7-21)13-12-32-14-16-38-17-15-32/h2-3,5,8-11,18,21,27H,4,6-7,12-17,19-20H2,1H3/t27-/m0/s1. The monoisotopic (exact) mass is 522 g/mol. The second-order valence-electron chi connectivity index (χ2n) is 10.1. The van der Waals surface area contributed by atoms with E-state index in [1.54, 1.807) is 30.2 Å². The van der Waals surface area contributed by atoms with Gasteiger partial charge in [0.2, 0.25) is 5.91 Å². The number of carbonyl (C=O) groups is 2. The highest BCUT2D eigenvalue weighted by molar-refractivity contribution is 6.03. The van der Waals surface area contributed by atoms with Crippen LogP contribution in [0.25, 0.3) is 0 Å². The third-order valence-electron chi connectivity index (χ3n) is 7.72. The Bertz CT molecular complexity index is 1180. The van der Waals surface area contributed by atoms with E-state index in [1.807, 2.05) is 24.3 Å². The molecule has 1 saturated carbocycles. The van der Waals surface area contributed by atoms with Gasteiger partial charge in [-0.25, -0.2) is 9.40 Å². The zero-order chi connectivity index (χ0) is 26.5. The highest BCUT2D eigenvalue weighted by Gasteiger charge is 2.37. The number of amides is 2. The van der Waals surface area contributed by atoms with Gasteiger partial charge < -0.3 is 14.4 Å². The minimum Gasteiger partial charge on any atom is -0.497 e. The first-order valence-corrected chi connectivity index (χ1v) is 13.4. The quantitative estimate of drug-likeness (QED) is 0.504. The van der Waals surface area contributed by atoms with Crippen molar-refractivity contribution in [1.29, 1.82) is 0 Å². The lowest BCUT2D eigenvalue weighted by molar-refractivity contribution is -0.145. The number of nitrogens with zero attached hydrogens (tertiary/aromatic N) is 4. The van der Waals surface area contributed by atoms with Crippen LogP contribution in [0.5, 0.6) is 5.75 Å². The van der Waals surface area contributed by atoms with Crippen LogP contribution in [0.1, 0.15) is 42.9 Å². The van der Waals surface area contributed by atoms with Crippen molar-refractivity contribution in [2.75, 3.05) is 53.0 Å². The van der Waals surface area contributed by atoms with Crippen LogP contribution < -0.4 is 4.74 Å². The number of benzene rings is 2. The van der Waals surface area contributed by atoms with E-state index in [9.17, 15) is 14.0 Å². The molecular formula is C29H35FN4O4. The first kappa shape index (κ1) is 26.3. The summed E-state index contributed by atoms with van der Waals surface area (Å²) in [4.78, 5) is 31.0. The fourth-order valence-electron chi connectivity index (χ4n) is 5.21. The molecule has 1 atom stereocenters. The largest absolute Gasteiger partial charge is 0.497 e. The van der Waals surface area contributed by atoms with Gasteiger partial charge in [0.05, 0.1) is 32.1 Å². The van der Waals surface area contributed by atoms with Crippen LogP contribution >= 0.6 is 0 Å². The van der Waals surface area contributed by atoms with Crippen molar-refractivity contribution in [1.82, 2.24) is 14.8 Å². The van der Waals surface area contributed by atoms with Crippen LogP contribution in [0, 0.1) is 11.7 Å². The Morgan fingerprint density at radius 2 is 1.92 bits per heavy atom. The highest BCUT2D eigenvalue weighted by atomic mass is 19.1. The zero-order valence-electron chi connectivity index (χ0n) is 21.9. The Morgan fingerprint density at radius 1 is 1.13 bits per heavy atom. The predicted octanol–water partition coefficient (Wildman–Crippen LogP) is 3.47. The summed E-state index contributed by atoms with van der Waals surface area (Å²) >= 11 is 0. The molecule has 38 heavy (non-hydrogen) atoms. The summed E-state index contributed by atoms with van der Waals surface area (Å²) in [7, 11) is 1.60. The smallest absolute Gasteiger partial charge is 0.262 e. The SMILES string of the molecule is COc1cccc(C2=NN(C(=O)CN(CCN3CCOCC3)C(=O)C3CCC3)[C@H](c3ccccc3F)C2)c1. The molecule has 8 nitrogen and oxygen atoms in total. The Morgan fingerprint density at radius 3 is 2.63 bits per heavy atom. The van der Waals surface area contributed by atoms with Gasteiger partial charge in [0, 0.05) is 49.6 Å². The first-order valence-electron chi connectivity index (χ1n) is 13.4. The van der Waals surface area contributed by atoms with Crippen LogP contribution in [0.15, 0.2) is 53.6 Å². The number of hydrogen-bond acceptors (Lipinski definition) is 6. The summed E-state index contributed by atoms with van der Waals surface area (Å²) in [6, 6.07) is 13.4. The summed E-state index contributed by atoms with van der Waals surface area (Å²) < 4.78 is 25.7. The van der Waals surface area contributed by atoms with Crippen LogP contribution in [0.4, 0.5) is 4.39 Å². The molecule has 3 aliphatic rings. The van der Waals surface area contributed by atoms with Gasteiger partial charge in [-0.2, -0.15) is 5.10 Å². The van der Waals surface area contributed by atoms with Crippen molar-refractivity contribution >= 4 is 17.5 Å². The van der Waals surface area contributed by atoms with Gasteiger partial charge in [0.25, 0.3) is 5.91 Å². The highest BCUT2D eigenvalue weighted by Crippen LogP contribution is 2.35. The first-order chi connectivity index (χ1) is 18.5. The van der Waals surface area contributed by atoms with Crippen molar-refractivity contribution in [3.05, 3.63) is 65.5 Å². The predicted molar refractivity (Wildman–Crippen MR) is 141 cm³/mol. The maximum absolute atomic E-state index is 14.9. The minimum absolute atomic E-state index is 0.0238. The number of morpholine rings is 1. The van der Waals surface area contributed by atoms with Crippen molar-refractivity contribution in [3.8, 4) is 5.75 Å². The number of methoxy groups -OCH3 is 1. The number of hydrazone groups is 1. The molecule has 5 rings (SSSR count). The molecule has 202 valence electrons. The van der Waals surface area contributed by atoms with E-state index in [1.165, 1.54) is 11.1 Å². The van der Waals surface area contributed by atoms with Crippen LogP contribution in [-0.4, -0.2) is 85.4 Å². The van der Waals surface area contributed by atoms with E-state index < -0.39 is 6.04 Å². The number of halogens is 1. The Hall–Kier alpha value is -3.30. The summed E-state index contributed by atoms with van der Waals surface area (Å²) in [5.41, 5.74) is 1.90. The minimum atomic E-state index is -0.593. The van der Waals surface area contributed by atoms with E-state index >= 15 is 0 Å². The van der Waals surface area contributed by atoms with Gasteiger partial charge >= 0.3 is 0 Å². The summed E-state index contributed by atoms with van der Waals surface area (Å²) in [5, 5.41) is 6.07. The zero-order valence-corrected chi connectivity index (χ0v) is 21.9. The molecule has 2 amide bonds. The maximum atomic E-state index is 14.9. The average molecular weight is 523 g/mol. The van der Waals surface area contributed by atoms with E-state index in [4.69, 9.17) is 9.47 Å². The van der Waals surface area contributed by atoms with Crippen molar-refractivity contribution in [2.45, 2.75) is 31.7 Å². The number of ether oxygens (including phenoxy) is 2. The molecule has 0 aromatic heterocycles. The summed E-state index contributed by atoms with van der Waals surface area (Å²) in [6.07, 6.45) is 3.13. The van der Waals surface area contributed by atoms with Gasteiger partial charge in [0.15, 0.2) is 0 Å². The molecule has 2 aliphatic heterocycles. The number of carbonyl (C=O) groups excluding carboxylic acids is 2. The normalized spacial score (nSPS) is 20.1. The lowest BCUT2D eigenvalue weighted by atomic mass is 9.84. The summed E-state index contributed by atoms with van der Waals surface area (Å²) in [5.74, 6) is -0.0171. The van der Waals surface area contributed by atoms with E-state index in [0.29, 0.717) is 49.7 Å². The van der Waals surface area contributed by atoms with Crippen LogP contribution in [0.3, 0.4) is 0 Å². The second-order valence-corrected chi connectivity index (χ2v) is 10.1. The molecule has 2 aromatic carbocycles. The van der Waals surface area contributed by atoms with Crippen molar-refractivity contribution in [3.63, 3.8) is 0 Å². The average Bonchev–Trinajstić information content (AvgIpc) is 3.36. The van der Waals surface area contributed by atoms with Gasteiger partial charge in [0.1, 0.15) is 18.1 Å². The van der Waals surface area contributed by atoms with Gasteiger partial charge in [-0.1, -0.05) is 36.8 Å². The molecule has 1 aliphatic carbocycles. The molecule has 2 aromatic rings. The lowest BCUT2D eigenvalue weighted by Gasteiger charge is -2.34. The Balaban J connectivity index is 1.38. The Kier molecular flexibility index (Phi) is 8.34. The molecule has 0 spiro atoms. The fraction of sp³-hybridized carbons (Fsp3) is 0.483. The van der Waals surface area contributed by atoms with Crippen LogP contribution in [0.2, 0.25) is 0 Å². The molecule has 2 fully saturated rings. The number of hydrogen-bond donors (Lipinski definition) is 0. The van der Waals surface area contributed by atoms with E-state index in [0.717, 1.165) is 37.9 Å². The second kappa shape index (κ2) is 12.0. The molecule has 0 N–H and O–H groups in total.